The third kappa shape index (κ3) is 3.66. The fourth-order valence-corrected chi connectivity index (χ4v) is 2.61. The first-order valence-corrected chi connectivity index (χ1v) is 6.65. The zero-order valence-corrected chi connectivity index (χ0v) is 10.9. The Bertz CT molecular complexity index is 425. The lowest BCUT2D eigenvalue weighted by Gasteiger charge is -2.20. The maximum atomic E-state index is 6.16. The molecule has 0 radical (unpaired) electrons. The summed E-state index contributed by atoms with van der Waals surface area (Å²) in [5.74, 6) is 0. The SMILES string of the molecule is CN(Cc1ccccc1)CC(N)c1cccs1. The highest BCUT2D eigenvalue weighted by Crippen LogP contribution is 2.17. The molecule has 0 bridgehead atoms. The largest absolute Gasteiger partial charge is 0.322 e. The van der Waals surface area contributed by atoms with Crippen molar-refractivity contribution in [2.45, 2.75) is 12.6 Å². The molecular formula is C14H18N2S. The fraction of sp³-hybridized carbons (Fsp3) is 0.286. The Kier molecular flexibility index (Phi) is 4.31. The summed E-state index contributed by atoms with van der Waals surface area (Å²) in [7, 11) is 2.11. The molecule has 2 N–H and O–H groups in total. The molecule has 1 aromatic carbocycles. The summed E-state index contributed by atoms with van der Waals surface area (Å²) in [6.45, 7) is 1.83. The minimum absolute atomic E-state index is 0.115. The maximum absolute atomic E-state index is 6.16. The monoisotopic (exact) mass is 246 g/mol. The van der Waals surface area contributed by atoms with E-state index in [0.29, 0.717) is 0 Å². The number of hydrogen-bond acceptors (Lipinski definition) is 3. The summed E-state index contributed by atoms with van der Waals surface area (Å²) in [5, 5.41) is 2.08. The molecule has 2 nitrogen and oxygen atoms in total. The van der Waals surface area contributed by atoms with Crippen molar-refractivity contribution in [2.75, 3.05) is 13.6 Å². The lowest BCUT2D eigenvalue weighted by molar-refractivity contribution is 0.306. The molecule has 1 heterocycles. The smallest absolute Gasteiger partial charge is 0.0519 e. The molecule has 17 heavy (non-hydrogen) atoms. The number of rotatable bonds is 5. The second-order valence-corrected chi connectivity index (χ2v) is 5.28. The normalized spacial score (nSPS) is 12.9. The predicted octanol–water partition coefficient (Wildman–Crippen LogP) is 2.88. The molecule has 2 rings (SSSR count). The Labute approximate surface area is 107 Å². The number of likely N-dealkylation sites (N-methyl/N-ethyl adjacent to an activating group) is 1. The molecule has 0 saturated carbocycles. The van der Waals surface area contributed by atoms with Gasteiger partial charge in [0.2, 0.25) is 0 Å². The zero-order chi connectivity index (χ0) is 12.1. The van der Waals surface area contributed by atoms with Crippen LogP contribution in [-0.4, -0.2) is 18.5 Å². The summed E-state index contributed by atoms with van der Waals surface area (Å²) in [6, 6.07) is 14.7. The van der Waals surface area contributed by atoms with Crippen LogP contribution in [0.4, 0.5) is 0 Å². The fourth-order valence-electron chi connectivity index (χ4n) is 1.89. The zero-order valence-electron chi connectivity index (χ0n) is 10.0. The average molecular weight is 246 g/mol. The van der Waals surface area contributed by atoms with Crippen molar-refractivity contribution in [2.24, 2.45) is 5.73 Å². The van der Waals surface area contributed by atoms with Gasteiger partial charge in [0.15, 0.2) is 0 Å². The Balaban J connectivity index is 1.87. The van der Waals surface area contributed by atoms with Crippen LogP contribution < -0.4 is 5.73 Å². The van der Waals surface area contributed by atoms with Crippen LogP contribution in [0, 0.1) is 0 Å². The van der Waals surface area contributed by atoms with Crippen molar-refractivity contribution in [3.05, 3.63) is 58.3 Å². The van der Waals surface area contributed by atoms with Gasteiger partial charge in [-0.1, -0.05) is 36.4 Å². The van der Waals surface area contributed by atoms with Gasteiger partial charge in [-0.15, -0.1) is 11.3 Å². The van der Waals surface area contributed by atoms with Gasteiger partial charge in [0.25, 0.3) is 0 Å². The minimum atomic E-state index is 0.115. The van der Waals surface area contributed by atoms with E-state index in [1.165, 1.54) is 10.4 Å². The summed E-state index contributed by atoms with van der Waals surface area (Å²) in [6.07, 6.45) is 0. The third-order valence-electron chi connectivity index (χ3n) is 2.71. The van der Waals surface area contributed by atoms with Crippen LogP contribution in [-0.2, 0) is 6.54 Å². The van der Waals surface area contributed by atoms with Crippen LogP contribution >= 0.6 is 11.3 Å². The van der Waals surface area contributed by atoms with E-state index in [2.05, 4.69) is 53.7 Å². The lowest BCUT2D eigenvalue weighted by atomic mass is 10.2. The minimum Gasteiger partial charge on any atom is -0.322 e. The van der Waals surface area contributed by atoms with E-state index in [1.807, 2.05) is 6.07 Å². The molecule has 90 valence electrons. The summed E-state index contributed by atoms with van der Waals surface area (Å²) >= 11 is 1.73. The van der Waals surface area contributed by atoms with Gasteiger partial charge in [-0.05, 0) is 24.1 Å². The Morgan fingerprint density at radius 1 is 1.18 bits per heavy atom. The molecule has 1 unspecified atom stereocenters. The third-order valence-corrected chi connectivity index (χ3v) is 3.72. The Morgan fingerprint density at radius 3 is 2.59 bits per heavy atom. The number of hydrogen-bond donors (Lipinski definition) is 1. The first-order chi connectivity index (χ1) is 8.25. The van der Waals surface area contributed by atoms with Crippen molar-refractivity contribution in [1.29, 1.82) is 0 Å². The van der Waals surface area contributed by atoms with Gasteiger partial charge >= 0.3 is 0 Å². The molecular weight excluding hydrogens is 228 g/mol. The topological polar surface area (TPSA) is 29.3 Å². The molecule has 3 heteroatoms. The molecule has 0 amide bonds. The first-order valence-electron chi connectivity index (χ1n) is 5.77. The van der Waals surface area contributed by atoms with Gasteiger partial charge in [-0.2, -0.15) is 0 Å². The first kappa shape index (κ1) is 12.3. The van der Waals surface area contributed by atoms with Crippen molar-refractivity contribution in [3.63, 3.8) is 0 Å². The summed E-state index contributed by atoms with van der Waals surface area (Å²) in [4.78, 5) is 3.52. The average Bonchev–Trinajstić information content (AvgIpc) is 2.83. The molecule has 1 aromatic heterocycles. The summed E-state index contributed by atoms with van der Waals surface area (Å²) < 4.78 is 0. The molecule has 0 aliphatic heterocycles. The van der Waals surface area contributed by atoms with Crippen LogP contribution in [0.2, 0.25) is 0 Å². The highest BCUT2D eigenvalue weighted by atomic mass is 32.1. The summed E-state index contributed by atoms with van der Waals surface area (Å²) in [5.41, 5.74) is 7.49. The van der Waals surface area contributed by atoms with Gasteiger partial charge in [-0.3, -0.25) is 0 Å². The van der Waals surface area contributed by atoms with Gasteiger partial charge in [0, 0.05) is 18.0 Å². The highest BCUT2D eigenvalue weighted by Gasteiger charge is 2.10. The standard InChI is InChI=1S/C14H18N2S/c1-16(10-12-6-3-2-4-7-12)11-13(15)14-8-5-9-17-14/h2-9,13H,10-11,15H2,1H3. The number of nitrogens with two attached hydrogens (primary N) is 1. The van der Waals surface area contributed by atoms with Crippen LogP contribution in [0.1, 0.15) is 16.5 Å². The molecule has 0 spiro atoms. The number of nitrogens with zero attached hydrogens (tertiary/aromatic N) is 1. The van der Waals surface area contributed by atoms with Gasteiger partial charge in [0.05, 0.1) is 6.04 Å². The molecule has 0 aliphatic rings. The second kappa shape index (κ2) is 5.96. The molecule has 0 fully saturated rings. The van der Waals surface area contributed by atoms with Crippen LogP contribution in [0.3, 0.4) is 0 Å². The van der Waals surface area contributed by atoms with Crippen molar-refractivity contribution in [3.8, 4) is 0 Å². The predicted molar refractivity (Wildman–Crippen MR) is 74.0 cm³/mol. The van der Waals surface area contributed by atoms with Gasteiger partial charge in [0.1, 0.15) is 0 Å². The van der Waals surface area contributed by atoms with Crippen LogP contribution in [0.15, 0.2) is 47.8 Å². The van der Waals surface area contributed by atoms with E-state index in [0.717, 1.165) is 13.1 Å². The molecule has 1 atom stereocenters. The quantitative estimate of drug-likeness (QED) is 0.879. The highest BCUT2D eigenvalue weighted by molar-refractivity contribution is 7.10. The number of benzene rings is 1. The number of thiophene rings is 1. The van der Waals surface area contributed by atoms with E-state index >= 15 is 0 Å². The van der Waals surface area contributed by atoms with Crippen molar-refractivity contribution >= 4 is 11.3 Å². The van der Waals surface area contributed by atoms with Crippen LogP contribution in [0.5, 0.6) is 0 Å². The van der Waals surface area contributed by atoms with Crippen molar-refractivity contribution in [1.82, 2.24) is 4.90 Å². The van der Waals surface area contributed by atoms with Gasteiger partial charge < -0.3 is 10.6 Å². The van der Waals surface area contributed by atoms with Crippen LogP contribution in [0.25, 0.3) is 0 Å². The van der Waals surface area contributed by atoms with E-state index in [9.17, 15) is 0 Å². The second-order valence-electron chi connectivity index (χ2n) is 4.30. The van der Waals surface area contributed by atoms with Crippen molar-refractivity contribution < 1.29 is 0 Å². The van der Waals surface area contributed by atoms with Gasteiger partial charge in [-0.25, -0.2) is 0 Å². The van der Waals surface area contributed by atoms with E-state index in [1.54, 1.807) is 11.3 Å². The Hall–Kier alpha value is -1.16. The Morgan fingerprint density at radius 2 is 1.94 bits per heavy atom. The molecule has 0 aliphatic carbocycles. The lowest BCUT2D eigenvalue weighted by Crippen LogP contribution is -2.28. The van der Waals surface area contributed by atoms with E-state index in [4.69, 9.17) is 5.73 Å². The molecule has 0 saturated heterocycles. The van der Waals surface area contributed by atoms with E-state index in [-0.39, 0.29) is 6.04 Å². The maximum Gasteiger partial charge on any atom is 0.0519 e. The van der Waals surface area contributed by atoms with E-state index < -0.39 is 0 Å². The molecule has 2 aromatic rings.